The van der Waals surface area contributed by atoms with Crippen molar-refractivity contribution in [2.75, 3.05) is 13.6 Å². The topological polar surface area (TPSA) is 42.2 Å². The van der Waals surface area contributed by atoms with E-state index >= 15 is 0 Å². The molecule has 1 aliphatic rings. The largest absolute Gasteiger partial charge is 0.329 e. The lowest BCUT2D eigenvalue weighted by Crippen LogP contribution is -2.51. The van der Waals surface area contributed by atoms with E-state index in [0.717, 1.165) is 18.1 Å². The third-order valence-electron chi connectivity index (χ3n) is 5.02. The van der Waals surface area contributed by atoms with Crippen molar-refractivity contribution in [3.8, 4) is 0 Å². The Kier molecular flexibility index (Phi) is 4.88. The first-order chi connectivity index (χ1) is 9.37. The van der Waals surface area contributed by atoms with E-state index < -0.39 is 0 Å². The number of nitrogens with two attached hydrogens (primary N) is 1. The fourth-order valence-corrected chi connectivity index (χ4v) is 3.95. The highest BCUT2D eigenvalue weighted by atomic mass is 32.1. The summed E-state index contributed by atoms with van der Waals surface area (Å²) in [5, 5.41) is 3.33. The van der Waals surface area contributed by atoms with Gasteiger partial charge in [-0.3, -0.25) is 4.90 Å². The van der Waals surface area contributed by atoms with E-state index in [9.17, 15) is 0 Å². The molecule has 4 heteroatoms. The van der Waals surface area contributed by atoms with Crippen LogP contribution in [0.3, 0.4) is 0 Å². The minimum absolute atomic E-state index is 0.158. The molecule has 20 heavy (non-hydrogen) atoms. The lowest BCUT2D eigenvalue weighted by Gasteiger charge is -2.41. The van der Waals surface area contributed by atoms with Gasteiger partial charge in [0.2, 0.25) is 0 Å². The van der Waals surface area contributed by atoms with Crippen LogP contribution in [0.2, 0.25) is 0 Å². The van der Waals surface area contributed by atoms with Crippen LogP contribution in [0.5, 0.6) is 0 Å². The summed E-state index contributed by atoms with van der Waals surface area (Å²) in [6, 6.07) is 0. The Hall–Kier alpha value is -0.450. The molecular formula is C16H29N3S. The molecule has 0 aliphatic heterocycles. The Morgan fingerprint density at radius 3 is 2.65 bits per heavy atom. The van der Waals surface area contributed by atoms with Crippen molar-refractivity contribution in [2.24, 2.45) is 11.1 Å². The molecule has 0 amide bonds. The van der Waals surface area contributed by atoms with Gasteiger partial charge < -0.3 is 5.73 Å². The average molecular weight is 295 g/mol. The Morgan fingerprint density at radius 2 is 2.05 bits per heavy atom. The monoisotopic (exact) mass is 295 g/mol. The van der Waals surface area contributed by atoms with Gasteiger partial charge in [0, 0.05) is 24.0 Å². The van der Waals surface area contributed by atoms with Gasteiger partial charge in [0.1, 0.15) is 0 Å². The van der Waals surface area contributed by atoms with E-state index in [1.165, 1.54) is 37.8 Å². The molecule has 0 bridgehead atoms. The predicted octanol–water partition coefficient (Wildman–Crippen LogP) is 3.57. The van der Waals surface area contributed by atoms with Crippen molar-refractivity contribution in [1.82, 2.24) is 9.88 Å². The van der Waals surface area contributed by atoms with Gasteiger partial charge in [-0.25, -0.2) is 4.98 Å². The Bertz CT molecular complexity index is 441. The third-order valence-corrected chi connectivity index (χ3v) is 5.84. The van der Waals surface area contributed by atoms with E-state index in [-0.39, 0.29) is 5.54 Å². The summed E-state index contributed by atoms with van der Waals surface area (Å²) < 4.78 is 0. The summed E-state index contributed by atoms with van der Waals surface area (Å²) in [5.41, 5.74) is 8.01. The van der Waals surface area contributed by atoms with E-state index in [4.69, 9.17) is 5.73 Å². The summed E-state index contributed by atoms with van der Waals surface area (Å²) in [7, 11) is 2.22. The number of hydrogen-bond acceptors (Lipinski definition) is 4. The molecular weight excluding hydrogens is 266 g/mol. The summed E-state index contributed by atoms with van der Waals surface area (Å²) in [6.45, 7) is 8.53. The molecule has 1 unspecified atom stereocenters. The smallest absolute Gasteiger partial charge is 0.0897 e. The first-order valence-electron chi connectivity index (χ1n) is 7.69. The molecule has 1 saturated carbocycles. The number of likely N-dealkylation sites (N-methyl/N-ethyl adjacent to an activating group) is 1. The van der Waals surface area contributed by atoms with Gasteiger partial charge in [-0.15, -0.1) is 11.3 Å². The molecule has 0 radical (unpaired) electrons. The molecule has 1 aliphatic carbocycles. The van der Waals surface area contributed by atoms with Crippen molar-refractivity contribution < 1.29 is 0 Å². The van der Waals surface area contributed by atoms with E-state index in [0.29, 0.717) is 5.41 Å². The summed E-state index contributed by atoms with van der Waals surface area (Å²) >= 11 is 1.73. The van der Waals surface area contributed by atoms with Gasteiger partial charge in [0.05, 0.1) is 10.7 Å². The van der Waals surface area contributed by atoms with Crippen molar-refractivity contribution in [2.45, 2.75) is 65.0 Å². The molecule has 1 aromatic heterocycles. The van der Waals surface area contributed by atoms with Gasteiger partial charge in [-0.1, -0.05) is 20.3 Å². The summed E-state index contributed by atoms with van der Waals surface area (Å²) in [5.74, 6) is 0. The number of aryl methyl sites for hydroxylation is 1. The molecule has 1 aromatic rings. The van der Waals surface area contributed by atoms with Gasteiger partial charge in [-0.2, -0.15) is 0 Å². The summed E-state index contributed by atoms with van der Waals surface area (Å²) in [6.07, 6.45) is 6.29. The fraction of sp³-hybridized carbons (Fsp3) is 0.812. The number of hydrogen-bond donors (Lipinski definition) is 1. The molecule has 1 atom stereocenters. The number of aromatic nitrogens is 1. The minimum atomic E-state index is 0.158. The molecule has 2 N–H and O–H groups in total. The standard InChI is InChI=1S/C16H29N3S/c1-13-18-14(11-20-13)10-19(4)16(12-17)7-5-6-15(2,3)8-9-16/h11H,5-10,12,17H2,1-4H3. The second kappa shape index (κ2) is 6.12. The van der Waals surface area contributed by atoms with Crippen LogP contribution >= 0.6 is 11.3 Å². The quantitative estimate of drug-likeness (QED) is 0.863. The summed E-state index contributed by atoms with van der Waals surface area (Å²) in [4.78, 5) is 7.06. The normalized spacial score (nSPS) is 26.7. The zero-order valence-corrected chi connectivity index (χ0v) is 14.2. The van der Waals surface area contributed by atoms with E-state index in [1.807, 2.05) is 0 Å². The fourth-order valence-electron chi connectivity index (χ4n) is 3.35. The van der Waals surface area contributed by atoms with Crippen LogP contribution in [0.1, 0.15) is 56.7 Å². The van der Waals surface area contributed by atoms with Crippen LogP contribution in [-0.4, -0.2) is 29.0 Å². The minimum Gasteiger partial charge on any atom is -0.329 e. The highest BCUT2D eigenvalue weighted by Crippen LogP contribution is 2.40. The Labute approximate surface area is 127 Å². The maximum Gasteiger partial charge on any atom is 0.0897 e. The van der Waals surface area contributed by atoms with Crippen molar-refractivity contribution in [3.05, 3.63) is 16.1 Å². The number of nitrogens with zero attached hydrogens (tertiary/aromatic N) is 2. The lowest BCUT2D eigenvalue weighted by atomic mass is 9.83. The second-order valence-electron chi connectivity index (χ2n) is 7.16. The van der Waals surface area contributed by atoms with Crippen molar-refractivity contribution in [1.29, 1.82) is 0 Å². The maximum atomic E-state index is 6.20. The van der Waals surface area contributed by atoms with Crippen molar-refractivity contribution in [3.63, 3.8) is 0 Å². The highest BCUT2D eigenvalue weighted by Gasteiger charge is 2.37. The van der Waals surface area contributed by atoms with Crippen LogP contribution in [0.4, 0.5) is 0 Å². The van der Waals surface area contributed by atoms with Crippen LogP contribution < -0.4 is 5.73 Å². The maximum absolute atomic E-state index is 6.20. The first kappa shape index (κ1) is 15.9. The van der Waals surface area contributed by atoms with Crippen LogP contribution in [0.15, 0.2) is 5.38 Å². The molecule has 0 saturated heterocycles. The van der Waals surface area contributed by atoms with Gasteiger partial charge in [0.15, 0.2) is 0 Å². The zero-order valence-electron chi connectivity index (χ0n) is 13.4. The SMILES string of the molecule is Cc1nc(CN(C)C2(CN)CCCC(C)(C)CC2)cs1. The molecule has 2 rings (SSSR count). The molecule has 0 spiro atoms. The average Bonchev–Trinajstić information content (AvgIpc) is 2.70. The Morgan fingerprint density at radius 1 is 1.30 bits per heavy atom. The Balaban J connectivity index is 2.09. The van der Waals surface area contributed by atoms with Gasteiger partial charge in [-0.05, 0) is 45.1 Å². The number of rotatable bonds is 4. The molecule has 3 nitrogen and oxygen atoms in total. The highest BCUT2D eigenvalue weighted by molar-refractivity contribution is 7.09. The first-order valence-corrected chi connectivity index (χ1v) is 8.57. The molecule has 1 fully saturated rings. The zero-order chi connectivity index (χ0) is 14.8. The second-order valence-corrected chi connectivity index (χ2v) is 8.22. The molecule has 114 valence electrons. The molecule has 1 heterocycles. The molecule has 0 aromatic carbocycles. The van der Waals surface area contributed by atoms with Gasteiger partial charge in [0.25, 0.3) is 0 Å². The lowest BCUT2D eigenvalue weighted by molar-refractivity contribution is 0.0950. The van der Waals surface area contributed by atoms with Crippen LogP contribution in [-0.2, 0) is 6.54 Å². The van der Waals surface area contributed by atoms with Crippen LogP contribution in [0.25, 0.3) is 0 Å². The van der Waals surface area contributed by atoms with Crippen LogP contribution in [0, 0.1) is 12.3 Å². The van der Waals surface area contributed by atoms with Crippen molar-refractivity contribution >= 4 is 11.3 Å². The van der Waals surface area contributed by atoms with Gasteiger partial charge >= 0.3 is 0 Å². The predicted molar refractivity (Wildman–Crippen MR) is 87.0 cm³/mol. The van der Waals surface area contributed by atoms with E-state index in [1.54, 1.807) is 11.3 Å². The number of thiazole rings is 1. The van der Waals surface area contributed by atoms with E-state index in [2.05, 4.69) is 43.1 Å². The third kappa shape index (κ3) is 3.60.